The molecular weight excluding hydrogens is 344 g/mol. The molecule has 134 valence electrons. The van der Waals surface area contributed by atoms with Crippen LogP contribution in [0.5, 0.6) is 0 Å². The van der Waals surface area contributed by atoms with Gasteiger partial charge in [-0.25, -0.2) is 15.0 Å². The lowest BCUT2D eigenvalue weighted by molar-refractivity contribution is 0.532. The zero-order chi connectivity index (χ0) is 18.2. The number of hydrogen-bond donors (Lipinski definition) is 0. The highest BCUT2D eigenvalue weighted by atomic mass is 35.5. The second kappa shape index (κ2) is 9.30. The highest BCUT2D eigenvalue weighted by molar-refractivity contribution is 6.33. The van der Waals surface area contributed by atoms with E-state index in [9.17, 15) is 0 Å². The first kappa shape index (κ1) is 18.3. The summed E-state index contributed by atoms with van der Waals surface area (Å²) in [5.74, 6) is 0.354. The molecule has 0 radical (unpaired) electrons. The predicted molar refractivity (Wildman–Crippen MR) is 107 cm³/mol. The van der Waals surface area contributed by atoms with Crippen molar-refractivity contribution >= 4 is 22.8 Å². The van der Waals surface area contributed by atoms with Crippen LogP contribution in [0.25, 0.3) is 11.2 Å². The minimum atomic E-state index is 0.354. The number of halogens is 1. The van der Waals surface area contributed by atoms with Gasteiger partial charge in [0.25, 0.3) is 0 Å². The largest absolute Gasteiger partial charge is 0.315 e. The monoisotopic (exact) mass is 366 g/mol. The van der Waals surface area contributed by atoms with Gasteiger partial charge in [0.2, 0.25) is 0 Å². The lowest BCUT2D eigenvalue weighted by atomic mass is 9.98. The number of benzene rings is 1. The van der Waals surface area contributed by atoms with Crippen molar-refractivity contribution in [3.63, 3.8) is 0 Å². The third kappa shape index (κ3) is 4.79. The van der Waals surface area contributed by atoms with Crippen LogP contribution in [0.1, 0.15) is 24.8 Å². The number of aromatic nitrogens is 4. The fourth-order valence-electron chi connectivity index (χ4n) is 3.02. The van der Waals surface area contributed by atoms with Crippen LogP contribution in [-0.4, -0.2) is 19.5 Å². The molecule has 1 aromatic carbocycles. The minimum absolute atomic E-state index is 0.354. The Balaban J connectivity index is 1.77. The van der Waals surface area contributed by atoms with Crippen LogP contribution in [0, 0.1) is 5.92 Å². The van der Waals surface area contributed by atoms with Gasteiger partial charge in [-0.3, -0.25) is 0 Å². The van der Waals surface area contributed by atoms with Gasteiger partial charge >= 0.3 is 0 Å². The number of hydrogen-bond acceptors (Lipinski definition) is 3. The second-order valence-corrected chi connectivity index (χ2v) is 6.69. The summed E-state index contributed by atoms with van der Waals surface area (Å²) in [6.07, 6.45) is 14.1. The van der Waals surface area contributed by atoms with Crippen molar-refractivity contribution in [2.75, 3.05) is 0 Å². The first-order valence-corrected chi connectivity index (χ1v) is 9.28. The Hall–Kier alpha value is -2.46. The van der Waals surface area contributed by atoms with Crippen LogP contribution < -0.4 is 0 Å². The SMILES string of the molecule is C=CCCCC=CC(Cc1ccccc1)Cn1cnc2c(Cl)ncnc21. The number of unbranched alkanes of at least 4 members (excludes halogenated alkanes) is 2. The zero-order valence-electron chi connectivity index (χ0n) is 14.8. The molecule has 0 fully saturated rings. The average molecular weight is 367 g/mol. The molecule has 0 amide bonds. The Labute approximate surface area is 159 Å². The van der Waals surface area contributed by atoms with Crippen molar-refractivity contribution in [1.82, 2.24) is 19.5 Å². The van der Waals surface area contributed by atoms with E-state index in [-0.39, 0.29) is 0 Å². The van der Waals surface area contributed by atoms with Crippen molar-refractivity contribution in [3.8, 4) is 0 Å². The van der Waals surface area contributed by atoms with Crippen LogP contribution in [0.15, 0.2) is 67.8 Å². The zero-order valence-corrected chi connectivity index (χ0v) is 15.5. The van der Waals surface area contributed by atoms with Gasteiger partial charge in [-0.1, -0.05) is 60.2 Å². The quantitative estimate of drug-likeness (QED) is 0.295. The Kier molecular flexibility index (Phi) is 6.56. The summed E-state index contributed by atoms with van der Waals surface area (Å²) < 4.78 is 2.06. The van der Waals surface area contributed by atoms with Gasteiger partial charge in [0, 0.05) is 6.54 Å². The van der Waals surface area contributed by atoms with E-state index in [1.54, 1.807) is 6.33 Å². The molecule has 26 heavy (non-hydrogen) atoms. The normalized spacial score (nSPS) is 12.7. The van der Waals surface area contributed by atoms with E-state index in [1.807, 2.05) is 12.1 Å². The van der Waals surface area contributed by atoms with Gasteiger partial charge < -0.3 is 4.57 Å². The molecular formula is C21H23ClN4. The molecule has 1 atom stereocenters. The van der Waals surface area contributed by atoms with Gasteiger partial charge in [-0.15, -0.1) is 6.58 Å². The molecule has 0 N–H and O–H groups in total. The van der Waals surface area contributed by atoms with Crippen LogP contribution in [0.2, 0.25) is 5.15 Å². The van der Waals surface area contributed by atoms with Crippen molar-refractivity contribution < 1.29 is 0 Å². The lowest BCUT2D eigenvalue weighted by Gasteiger charge is -2.14. The van der Waals surface area contributed by atoms with Crippen LogP contribution in [0.4, 0.5) is 0 Å². The van der Waals surface area contributed by atoms with E-state index in [0.717, 1.165) is 37.9 Å². The number of rotatable bonds is 9. The Morgan fingerprint density at radius 1 is 1.12 bits per heavy atom. The Morgan fingerprint density at radius 3 is 2.77 bits per heavy atom. The Morgan fingerprint density at radius 2 is 1.96 bits per heavy atom. The summed E-state index contributed by atoms with van der Waals surface area (Å²) in [7, 11) is 0. The predicted octanol–water partition coefficient (Wildman–Crippen LogP) is 5.25. The van der Waals surface area contributed by atoms with E-state index in [1.165, 1.54) is 11.9 Å². The first-order valence-electron chi connectivity index (χ1n) is 8.90. The standard InChI is InChI=1S/C21H23ClN4/c1-2-3-4-5-7-12-18(13-17-10-8-6-9-11-17)14-26-16-25-19-20(22)23-15-24-21(19)26/h2,6-12,15-16,18H,1,3-5,13-14H2. The average Bonchev–Trinajstić information content (AvgIpc) is 3.06. The maximum absolute atomic E-state index is 6.12. The highest BCUT2D eigenvalue weighted by Gasteiger charge is 2.13. The van der Waals surface area contributed by atoms with Crippen molar-refractivity contribution in [2.24, 2.45) is 5.92 Å². The molecule has 0 bridgehead atoms. The number of imidazole rings is 1. The molecule has 0 aliphatic rings. The van der Waals surface area contributed by atoms with Crippen molar-refractivity contribution in [2.45, 2.75) is 32.2 Å². The molecule has 3 aromatic rings. The van der Waals surface area contributed by atoms with Gasteiger partial charge in [0.1, 0.15) is 11.8 Å². The van der Waals surface area contributed by atoms with Gasteiger partial charge in [-0.2, -0.15) is 0 Å². The molecule has 4 nitrogen and oxygen atoms in total. The molecule has 0 saturated carbocycles. The molecule has 0 aliphatic heterocycles. The van der Waals surface area contributed by atoms with Gasteiger partial charge in [0.15, 0.2) is 10.8 Å². The highest BCUT2D eigenvalue weighted by Crippen LogP contribution is 2.20. The summed E-state index contributed by atoms with van der Waals surface area (Å²) in [5.41, 5.74) is 2.76. The van der Waals surface area contributed by atoms with E-state index < -0.39 is 0 Å². The van der Waals surface area contributed by atoms with Crippen LogP contribution in [-0.2, 0) is 13.0 Å². The third-order valence-electron chi connectivity index (χ3n) is 4.32. The molecule has 0 saturated heterocycles. The van der Waals surface area contributed by atoms with Crippen LogP contribution >= 0.6 is 11.6 Å². The first-order chi connectivity index (χ1) is 12.8. The summed E-state index contributed by atoms with van der Waals surface area (Å²) in [6.45, 7) is 4.58. The third-order valence-corrected chi connectivity index (χ3v) is 4.59. The Bertz CT molecular complexity index is 870. The minimum Gasteiger partial charge on any atom is -0.315 e. The molecule has 2 heterocycles. The van der Waals surface area contributed by atoms with Crippen molar-refractivity contribution in [1.29, 1.82) is 0 Å². The van der Waals surface area contributed by atoms with E-state index in [4.69, 9.17) is 11.6 Å². The van der Waals surface area contributed by atoms with E-state index >= 15 is 0 Å². The maximum Gasteiger partial charge on any atom is 0.164 e. The lowest BCUT2D eigenvalue weighted by Crippen LogP contribution is -2.11. The van der Waals surface area contributed by atoms with Gasteiger partial charge in [0.05, 0.1) is 6.33 Å². The summed E-state index contributed by atoms with van der Waals surface area (Å²) in [5, 5.41) is 0.397. The van der Waals surface area contributed by atoms with Crippen molar-refractivity contribution in [3.05, 3.63) is 78.5 Å². The number of nitrogens with zero attached hydrogens (tertiary/aromatic N) is 4. The molecule has 0 aliphatic carbocycles. The molecule has 1 unspecified atom stereocenters. The molecule has 3 rings (SSSR count). The van der Waals surface area contributed by atoms with E-state index in [2.05, 4.69) is 62.5 Å². The fourth-order valence-corrected chi connectivity index (χ4v) is 3.19. The van der Waals surface area contributed by atoms with Gasteiger partial charge in [-0.05, 0) is 37.2 Å². The summed E-state index contributed by atoms with van der Waals surface area (Å²) >= 11 is 6.12. The topological polar surface area (TPSA) is 43.6 Å². The molecule has 5 heteroatoms. The van der Waals surface area contributed by atoms with Crippen LogP contribution in [0.3, 0.4) is 0 Å². The number of allylic oxidation sites excluding steroid dienone is 3. The smallest absolute Gasteiger partial charge is 0.164 e. The molecule has 2 aromatic heterocycles. The number of fused-ring (bicyclic) bond motifs is 1. The molecule has 0 spiro atoms. The second-order valence-electron chi connectivity index (χ2n) is 6.33. The summed E-state index contributed by atoms with van der Waals surface area (Å²) in [4.78, 5) is 12.7. The summed E-state index contributed by atoms with van der Waals surface area (Å²) in [6, 6.07) is 10.6. The fraction of sp³-hybridized carbons (Fsp3) is 0.286. The maximum atomic E-state index is 6.12. The van der Waals surface area contributed by atoms with E-state index in [0.29, 0.717) is 16.6 Å².